The molecule has 7 heteroatoms. The maximum atomic E-state index is 9.94. The Kier molecular flexibility index (Phi) is 3.27. The molecule has 4 rings (SSSR count). The van der Waals surface area contributed by atoms with Gasteiger partial charge in [0.25, 0.3) is 0 Å². The number of aromatic nitrogens is 4. The van der Waals surface area contributed by atoms with Gasteiger partial charge in [0.2, 0.25) is 5.76 Å². The minimum atomic E-state index is -0.303. The van der Waals surface area contributed by atoms with Crippen LogP contribution >= 0.6 is 0 Å². The fourth-order valence-corrected chi connectivity index (χ4v) is 2.93. The molecule has 22 heavy (non-hydrogen) atoms. The molecule has 0 aliphatic heterocycles. The first-order chi connectivity index (χ1) is 10.8. The lowest BCUT2D eigenvalue weighted by Crippen LogP contribution is -2.11. The third-order valence-corrected chi connectivity index (χ3v) is 4.06. The number of rotatable bonds is 4. The van der Waals surface area contributed by atoms with Crippen LogP contribution in [-0.4, -0.2) is 31.4 Å². The summed E-state index contributed by atoms with van der Waals surface area (Å²) in [5, 5.41) is 22.2. The highest BCUT2D eigenvalue weighted by atomic mass is 16.5. The maximum Gasteiger partial charge on any atom is 0.202 e. The van der Waals surface area contributed by atoms with Crippen molar-refractivity contribution in [1.82, 2.24) is 20.2 Å². The Balaban J connectivity index is 1.49. The average molecular weight is 300 g/mol. The molecule has 0 amide bonds. The normalized spacial score (nSPS) is 21.5. The second-order valence-electron chi connectivity index (χ2n) is 5.61. The molecular weight excluding hydrogens is 284 g/mol. The van der Waals surface area contributed by atoms with Crippen LogP contribution in [0.1, 0.15) is 36.6 Å². The van der Waals surface area contributed by atoms with Crippen molar-refractivity contribution in [3.8, 4) is 11.5 Å². The first-order valence-electron chi connectivity index (χ1n) is 7.37. The highest BCUT2D eigenvalue weighted by Crippen LogP contribution is 2.33. The molecule has 3 heterocycles. The smallest absolute Gasteiger partial charge is 0.202 e. The van der Waals surface area contributed by atoms with Gasteiger partial charge in [-0.1, -0.05) is 16.8 Å². The van der Waals surface area contributed by atoms with Gasteiger partial charge in [-0.25, -0.2) is 4.68 Å². The highest BCUT2D eigenvalue weighted by molar-refractivity contribution is 5.49. The first kappa shape index (κ1) is 13.3. The summed E-state index contributed by atoms with van der Waals surface area (Å²) in [7, 11) is 0. The zero-order valence-corrected chi connectivity index (χ0v) is 11.9. The number of aliphatic hydroxyl groups excluding tert-OH is 1. The molecule has 7 nitrogen and oxygen atoms in total. The molecule has 0 saturated heterocycles. The molecule has 114 valence electrons. The van der Waals surface area contributed by atoms with E-state index in [1.165, 1.54) is 0 Å². The molecule has 0 radical (unpaired) electrons. The number of hydrogen-bond donors (Lipinski definition) is 1. The predicted octanol–water partition coefficient (Wildman–Crippen LogP) is 2.20. The molecule has 1 aliphatic carbocycles. The van der Waals surface area contributed by atoms with Crippen LogP contribution in [0.5, 0.6) is 0 Å². The Bertz CT molecular complexity index is 747. The van der Waals surface area contributed by atoms with Crippen LogP contribution in [0.2, 0.25) is 0 Å². The summed E-state index contributed by atoms with van der Waals surface area (Å²) in [4.78, 5) is 0. The van der Waals surface area contributed by atoms with E-state index in [1.54, 1.807) is 17.0 Å². The second-order valence-corrected chi connectivity index (χ2v) is 5.61. The fraction of sp³-hybridized carbons (Fsp3) is 0.400. The van der Waals surface area contributed by atoms with Crippen LogP contribution in [0.15, 0.2) is 39.6 Å². The van der Waals surface area contributed by atoms with Crippen LogP contribution in [0.3, 0.4) is 0 Å². The largest absolute Gasteiger partial charge is 0.461 e. The predicted molar refractivity (Wildman–Crippen MR) is 75.9 cm³/mol. The molecule has 0 spiro atoms. The number of aliphatic hydroxyl groups is 1. The zero-order chi connectivity index (χ0) is 14.9. The van der Waals surface area contributed by atoms with Gasteiger partial charge in [-0.3, -0.25) is 0 Å². The van der Waals surface area contributed by atoms with Gasteiger partial charge in [0, 0.05) is 18.2 Å². The minimum absolute atomic E-state index is 0.102. The van der Waals surface area contributed by atoms with Gasteiger partial charge in [0.05, 0.1) is 24.6 Å². The van der Waals surface area contributed by atoms with Gasteiger partial charge in [-0.2, -0.15) is 0 Å². The summed E-state index contributed by atoms with van der Waals surface area (Å²) >= 11 is 0. The fourth-order valence-electron chi connectivity index (χ4n) is 2.93. The van der Waals surface area contributed by atoms with Crippen LogP contribution in [0, 0.1) is 0 Å². The number of nitrogens with zero attached hydrogens (tertiary/aromatic N) is 4. The topological polar surface area (TPSA) is 90.1 Å². The lowest BCUT2D eigenvalue weighted by Gasteiger charge is -2.09. The molecule has 0 aromatic carbocycles. The van der Waals surface area contributed by atoms with Gasteiger partial charge in [-0.15, -0.1) is 5.10 Å². The van der Waals surface area contributed by atoms with Crippen molar-refractivity contribution in [1.29, 1.82) is 0 Å². The van der Waals surface area contributed by atoms with Crippen molar-refractivity contribution in [2.75, 3.05) is 0 Å². The standard InChI is InChI=1S/C15H16N4O3/c20-13-4-1-3-11(13)12-9-19(18-16-12)8-10-7-15(22-17-10)14-5-2-6-21-14/h2,5-7,9,11,13,20H,1,3-4,8H2/t11-,13+/m0/s1. The third-order valence-electron chi connectivity index (χ3n) is 4.06. The highest BCUT2D eigenvalue weighted by Gasteiger charge is 2.29. The van der Waals surface area contributed by atoms with Crippen molar-refractivity contribution in [3.63, 3.8) is 0 Å². The second kappa shape index (κ2) is 5.42. The SMILES string of the molecule is O[C@@H]1CCC[C@H]1c1cn(Cc2cc(-c3ccco3)on2)nn1. The van der Waals surface area contributed by atoms with E-state index in [1.807, 2.05) is 18.3 Å². The van der Waals surface area contributed by atoms with E-state index >= 15 is 0 Å². The van der Waals surface area contributed by atoms with Crippen molar-refractivity contribution in [3.05, 3.63) is 42.0 Å². The average Bonchev–Trinajstić information content (AvgIpc) is 3.25. The number of hydrogen-bond acceptors (Lipinski definition) is 6. The van der Waals surface area contributed by atoms with E-state index in [4.69, 9.17) is 8.94 Å². The lowest BCUT2D eigenvalue weighted by molar-refractivity contribution is 0.162. The first-order valence-corrected chi connectivity index (χ1v) is 7.37. The van der Waals surface area contributed by atoms with Crippen molar-refractivity contribution < 1.29 is 14.0 Å². The van der Waals surface area contributed by atoms with Gasteiger partial charge in [0.1, 0.15) is 5.69 Å². The summed E-state index contributed by atoms with van der Waals surface area (Å²) < 4.78 is 12.2. The van der Waals surface area contributed by atoms with Crippen LogP contribution in [-0.2, 0) is 6.54 Å². The van der Waals surface area contributed by atoms with Gasteiger partial charge >= 0.3 is 0 Å². The van der Waals surface area contributed by atoms with Crippen LogP contribution in [0.25, 0.3) is 11.5 Å². The molecule has 2 atom stereocenters. The molecule has 1 fully saturated rings. The summed E-state index contributed by atoms with van der Waals surface area (Å²) in [5.74, 6) is 1.34. The molecule has 1 aliphatic rings. The van der Waals surface area contributed by atoms with E-state index in [0.29, 0.717) is 18.1 Å². The minimum Gasteiger partial charge on any atom is -0.461 e. The molecule has 3 aromatic heterocycles. The number of furan rings is 1. The van der Waals surface area contributed by atoms with Gasteiger partial charge < -0.3 is 14.0 Å². The molecule has 0 unspecified atom stereocenters. The van der Waals surface area contributed by atoms with Crippen molar-refractivity contribution in [2.24, 2.45) is 0 Å². The zero-order valence-electron chi connectivity index (χ0n) is 11.9. The van der Waals surface area contributed by atoms with E-state index in [-0.39, 0.29) is 12.0 Å². The molecule has 3 aromatic rings. The third kappa shape index (κ3) is 2.43. The summed E-state index contributed by atoms with van der Waals surface area (Å²) in [5.41, 5.74) is 1.59. The molecular formula is C15H16N4O3. The van der Waals surface area contributed by atoms with Gasteiger partial charge in [0.15, 0.2) is 5.76 Å². The summed E-state index contributed by atoms with van der Waals surface area (Å²) in [6.07, 6.45) is 6.01. The van der Waals surface area contributed by atoms with E-state index < -0.39 is 0 Å². The summed E-state index contributed by atoms with van der Waals surface area (Å²) in [6, 6.07) is 5.44. The summed E-state index contributed by atoms with van der Waals surface area (Å²) in [6.45, 7) is 0.472. The maximum absolute atomic E-state index is 9.94. The van der Waals surface area contributed by atoms with Crippen molar-refractivity contribution in [2.45, 2.75) is 37.8 Å². The quantitative estimate of drug-likeness (QED) is 0.794. The Morgan fingerprint density at radius 2 is 2.27 bits per heavy atom. The Labute approximate surface area is 126 Å². The monoisotopic (exact) mass is 300 g/mol. The van der Waals surface area contributed by atoms with Crippen LogP contribution < -0.4 is 0 Å². The molecule has 0 bridgehead atoms. The Hall–Kier alpha value is -2.41. The van der Waals surface area contributed by atoms with Crippen LogP contribution in [0.4, 0.5) is 0 Å². The lowest BCUT2D eigenvalue weighted by atomic mass is 10.0. The Morgan fingerprint density at radius 1 is 1.32 bits per heavy atom. The Morgan fingerprint density at radius 3 is 3.05 bits per heavy atom. The van der Waals surface area contributed by atoms with E-state index in [0.717, 1.165) is 30.7 Å². The van der Waals surface area contributed by atoms with E-state index in [2.05, 4.69) is 15.5 Å². The van der Waals surface area contributed by atoms with E-state index in [9.17, 15) is 5.11 Å². The molecule has 1 saturated carbocycles. The van der Waals surface area contributed by atoms with Crippen molar-refractivity contribution >= 4 is 0 Å². The van der Waals surface area contributed by atoms with Gasteiger partial charge in [-0.05, 0) is 25.0 Å². The molecule has 1 N–H and O–H groups in total.